The zero-order chi connectivity index (χ0) is 22.0. The number of morpholine rings is 1. The summed E-state index contributed by atoms with van der Waals surface area (Å²) in [6.45, 7) is 7.74. The molecule has 4 rings (SSSR count). The maximum Gasteiger partial charge on any atom is 0.234 e. The average molecular weight is 466 g/mol. The highest BCUT2D eigenvalue weighted by Gasteiger charge is 2.28. The van der Waals surface area contributed by atoms with Crippen LogP contribution < -0.4 is 9.21 Å². The zero-order valence-electron chi connectivity index (χ0n) is 17.8. The Hall–Kier alpha value is -2.11. The van der Waals surface area contributed by atoms with Crippen molar-refractivity contribution in [1.82, 2.24) is 14.8 Å². The first kappa shape index (κ1) is 22.1. The van der Waals surface area contributed by atoms with Crippen LogP contribution in [0.3, 0.4) is 0 Å². The SMILES string of the molecule is CCn1c(SCC(=O)c2ccc3c(c2)CCN3S(=O)(=O)CC)nnc1N1CCOCC1. The summed E-state index contributed by atoms with van der Waals surface area (Å²) in [4.78, 5) is 15.0. The molecule has 0 saturated carbocycles. The molecule has 168 valence electrons. The third-order valence-corrected chi connectivity index (χ3v) is 8.34. The van der Waals surface area contributed by atoms with Gasteiger partial charge in [0.15, 0.2) is 10.9 Å². The Labute approximate surface area is 186 Å². The van der Waals surface area contributed by atoms with Crippen molar-refractivity contribution >= 4 is 39.2 Å². The van der Waals surface area contributed by atoms with Gasteiger partial charge in [0.05, 0.1) is 30.4 Å². The van der Waals surface area contributed by atoms with Gasteiger partial charge in [0.1, 0.15) is 0 Å². The molecular weight excluding hydrogens is 438 g/mol. The number of aromatic nitrogens is 3. The number of sulfonamides is 1. The predicted octanol–water partition coefficient (Wildman–Crippen LogP) is 1.82. The standard InChI is InChI=1S/C20H27N5O4S2/c1-3-24-19(23-9-11-29-12-10-23)21-22-20(24)30-14-18(26)16-5-6-17-15(13-16)7-8-25(17)31(27,28)4-2/h5-6,13H,3-4,7-12,14H2,1-2H3. The van der Waals surface area contributed by atoms with E-state index in [0.29, 0.717) is 37.4 Å². The number of fused-ring (bicyclic) bond motifs is 1. The molecule has 1 aromatic carbocycles. The predicted molar refractivity (Wildman–Crippen MR) is 121 cm³/mol. The lowest BCUT2D eigenvalue weighted by Gasteiger charge is -2.27. The van der Waals surface area contributed by atoms with E-state index in [9.17, 15) is 13.2 Å². The maximum atomic E-state index is 12.8. The highest BCUT2D eigenvalue weighted by atomic mass is 32.2. The third kappa shape index (κ3) is 4.44. The second kappa shape index (κ2) is 9.17. The normalized spacial score (nSPS) is 16.6. The number of benzene rings is 1. The van der Waals surface area contributed by atoms with Gasteiger partial charge in [-0.15, -0.1) is 10.2 Å². The molecule has 0 N–H and O–H groups in total. The van der Waals surface area contributed by atoms with Gasteiger partial charge in [0, 0.05) is 31.7 Å². The Bertz CT molecular complexity index is 1060. The Kier molecular flexibility index (Phi) is 6.54. The van der Waals surface area contributed by atoms with Crippen LogP contribution in [0.25, 0.3) is 0 Å². The molecule has 3 heterocycles. The van der Waals surface area contributed by atoms with Crippen LogP contribution >= 0.6 is 11.8 Å². The molecule has 9 nitrogen and oxygen atoms in total. The Morgan fingerprint density at radius 3 is 2.65 bits per heavy atom. The summed E-state index contributed by atoms with van der Waals surface area (Å²) in [5.41, 5.74) is 2.18. The van der Waals surface area contributed by atoms with E-state index >= 15 is 0 Å². The molecule has 0 bridgehead atoms. The van der Waals surface area contributed by atoms with Crippen LogP contribution in [0.1, 0.15) is 29.8 Å². The van der Waals surface area contributed by atoms with Gasteiger partial charge in [-0.2, -0.15) is 0 Å². The van der Waals surface area contributed by atoms with Crippen molar-refractivity contribution in [1.29, 1.82) is 0 Å². The van der Waals surface area contributed by atoms with Gasteiger partial charge in [-0.25, -0.2) is 8.42 Å². The van der Waals surface area contributed by atoms with Crippen molar-refractivity contribution in [3.8, 4) is 0 Å². The summed E-state index contributed by atoms with van der Waals surface area (Å²) in [6, 6.07) is 5.29. The third-order valence-electron chi connectivity index (χ3n) is 5.59. The smallest absolute Gasteiger partial charge is 0.234 e. The lowest BCUT2D eigenvalue weighted by Crippen LogP contribution is -2.38. The fraction of sp³-hybridized carbons (Fsp3) is 0.550. The van der Waals surface area contributed by atoms with E-state index in [1.165, 1.54) is 16.1 Å². The van der Waals surface area contributed by atoms with E-state index in [1.54, 1.807) is 19.1 Å². The molecule has 2 aliphatic heterocycles. The largest absolute Gasteiger partial charge is 0.378 e. The van der Waals surface area contributed by atoms with Crippen molar-refractivity contribution in [3.63, 3.8) is 0 Å². The quantitative estimate of drug-likeness (QED) is 0.430. The fourth-order valence-electron chi connectivity index (χ4n) is 3.86. The number of rotatable bonds is 8. The molecule has 0 unspecified atom stereocenters. The first-order valence-corrected chi connectivity index (χ1v) is 13.1. The van der Waals surface area contributed by atoms with E-state index in [0.717, 1.165) is 36.3 Å². The second-order valence-corrected chi connectivity index (χ2v) is 10.5. The summed E-state index contributed by atoms with van der Waals surface area (Å²) in [5, 5.41) is 9.36. The van der Waals surface area contributed by atoms with Gasteiger partial charge in [-0.3, -0.25) is 13.7 Å². The topological polar surface area (TPSA) is 97.6 Å². The van der Waals surface area contributed by atoms with Crippen molar-refractivity contribution in [3.05, 3.63) is 29.3 Å². The van der Waals surface area contributed by atoms with Crippen LogP contribution in [0.4, 0.5) is 11.6 Å². The Balaban J connectivity index is 1.45. The monoisotopic (exact) mass is 465 g/mol. The van der Waals surface area contributed by atoms with Crippen LogP contribution in [0.2, 0.25) is 0 Å². The molecule has 1 aromatic heterocycles. The molecule has 2 aromatic rings. The highest BCUT2D eigenvalue weighted by Crippen LogP contribution is 2.32. The average Bonchev–Trinajstić information content (AvgIpc) is 3.41. The molecule has 0 amide bonds. The summed E-state index contributed by atoms with van der Waals surface area (Å²) < 4.78 is 33.4. The summed E-state index contributed by atoms with van der Waals surface area (Å²) in [7, 11) is -3.29. The molecule has 2 aliphatic rings. The summed E-state index contributed by atoms with van der Waals surface area (Å²) in [5.74, 6) is 1.12. The molecule has 1 fully saturated rings. The zero-order valence-corrected chi connectivity index (χ0v) is 19.4. The van der Waals surface area contributed by atoms with Crippen LogP contribution in [-0.4, -0.2) is 73.3 Å². The molecule has 0 spiro atoms. The first-order valence-electron chi connectivity index (χ1n) is 10.5. The van der Waals surface area contributed by atoms with Crippen molar-refractivity contribution in [2.75, 3.05) is 53.6 Å². The molecule has 0 radical (unpaired) electrons. The highest BCUT2D eigenvalue weighted by molar-refractivity contribution is 7.99. The molecule has 0 atom stereocenters. The number of carbonyl (C=O) groups excluding carboxylic acids is 1. The number of hydrogen-bond acceptors (Lipinski definition) is 8. The number of nitrogens with zero attached hydrogens (tertiary/aromatic N) is 5. The van der Waals surface area contributed by atoms with Gasteiger partial charge in [0.25, 0.3) is 0 Å². The number of ketones is 1. The Morgan fingerprint density at radius 2 is 1.94 bits per heavy atom. The van der Waals surface area contributed by atoms with Gasteiger partial charge in [-0.05, 0) is 44.0 Å². The first-order chi connectivity index (χ1) is 14.9. The van der Waals surface area contributed by atoms with Crippen LogP contribution in [0, 0.1) is 0 Å². The minimum atomic E-state index is -3.29. The number of Topliss-reactive ketones (excluding diaryl/α,β-unsaturated/α-hetero) is 1. The number of anilines is 2. The molecule has 31 heavy (non-hydrogen) atoms. The van der Waals surface area contributed by atoms with E-state index in [-0.39, 0.29) is 17.3 Å². The fourth-order valence-corrected chi connectivity index (χ4v) is 5.92. The number of carbonyl (C=O) groups is 1. The maximum absolute atomic E-state index is 12.8. The minimum absolute atomic E-state index is 0.0109. The number of hydrogen-bond donors (Lipinski definition) is 0. The number of thioether (sulfide) groups is 1. The number of ether oxygens (including phenoxy) is 1. The van der Waals surface area contributed by atoms with E-state index in [4.69, 9.17) is 4.74 Å². The van der Waals surface area contributed by atoms with Crippen LogP contribution in [0.15, 0.2) is 23.4 Å². The molecular formula is C20H27N5O4S2. The van der Waals surface area contributed by atoms with E-state index in [2.05, 4.69) is 15.1 Å². The minimum Gasteiger partial charge on any atom is -0.378 e. The van der Waals surface area contributed by atoms with Crippen molar-refractivity contribution < 1.29 is 17.9 Å². The van der Waals surface area contributed by atoms with Gasteiger partial charge >= 0.3 is 0 Å². The molecule has 0 aliphatic carbocycles. The lowest BCUT2D eigenvalue weighted by atomic mass is 10.1. The lowest BCUT2D eigenvalue weighted by molar-refractivity contribution is 0.102. The van der Waals surface area contributed by atoms with Gasteiger partial charge in [-0.1, -0.05) is 11.8 Å². The van der Waals surface area contributed by atoms with E-state index in [1.807, 2.05) is 17.6 Å². The summed E-state index contributed by atoms with van der Waals surface area (Å²) >= 11 is 1.38. The Morgan fingerprint density at radius 1 is 1.16 bits per heavy atom. The van der Waals surface area contributed by atoms with Crippen molar-refractivity contribution in [2.24, 2.45) is 0 Å². The van der Waals surface area contributed by atoms with Gasteiger partial charge in [0.2, 0.25) is 16.0 Å². The summed E-state index contributed by atoms with van der Waals surface area (Å²) in [6.07, 6.45) is 0.621. The van der Waals surface area contributed by atoms with Crippen LogP contribution in [-0.2, 0) is 27.7 Å². The van der Waals surface area contributed by atoms with E-state index < -0.39 is 10.0 Å². The second-order valence-electron chi connectivity index (χ2n) is 7.40. The van der Waals surface area contributed by atoms with Crippen LogP contribution in [0.5, 0.6) is 0 Å². The van der Waals surface area contributed by atoms with Crippen molar-refractivity contribution in [2.45, 2.75) is 32.0 Å². The molecule has 11 heteroatoms. The van der Waals surface area contributed by atoms with Gasteiger partial charge < -0.3 is 9.64 Å². The molecule has 1 saturated heterocycles.